The molecule has 0 aliphatic heterocycles. The van der Waals surface area contributed by atoms with Crippen molar-refractivity contribution in [2.45, 2.75) is 13.5 Å². The molecule has 0 bridgehead atoms. The van der Waals surface area contributed by atoms with E-state index >= 15 is 0 Å². The molecule has 0 amide bonds. The summed E-state index contributed by atoms with van der Waals surface area (Å²) in [4.78, 5) is 4.16. The van der Waals surface area contributed by atoms with Crippen LogP contribution in [0.25, 0.3) is 5.69 Å². The fourth-order valence-corrected chi connectivity index (χ4v) is 1.71. The molecule has 0 saturated carbocycles. The zero-order valence-corrected chi connectivity index (χ0v) is 9.20. The predicted molar refractivity (Wildman–Crippen MR) is 61.2 cm³/mol. The van der Waals surface area contributed by atoms with Crippen molar-refractivity contribution < 1.29 is 0 Å². The van der Waals surface area contributed by atoms with Gasteiger partial charge < -0.3 is 10.3 Å². The maximum atomic E-state index is 6.13. The molecule has 1 aromatic heterocycles. The van der Waals surface area contributed by atoms with Gasteiger partial charge in [0.05, 0.1) is 10.7 Å². The number of imidazole rings is 1. The molecule has 1 aromatic carbocycles. The highest BCUT2D eigenvalue weighted by molar-refractivity contribution is 6.32. The number of halogens is 1. The molecular formula is C11H12ClN3. The maximum Gasteiger partial charge on any atom is 0.110 e. The van der Waals surface area contributed by atoms with Gasteiger partial charge in [-0.15, -0.1) is 0 Å². The first-order valence-corrected chi connectivity index (χ1v) is 5.09. The van der Waals surface area contributed by atoms with Gasteiger partial charge in [0.1, 0.15) is 5.82 Å². The van der Waals surface area contributed by atoms with Crippen LogP contribution in [-0.2, 0) is 6.54 Å². The number of aryl methyl sites for hydroxylation is 1. The summed E-state index contributed by atoms with van der Waals surface area (Å²) in [5.74, 6) is 0.908. The second-order valence-electron chi connectivity index (χ2n) is 3.33. The Hall–Kier alpha value is -1.32. The van der Waals surface area contributed by atoms with Crippen molar-refractivity contribution in [2.75, 3.05) is 0 Å². The van der Waals surface area contributed by atoms with Crippen molar-refractivity contribution in [3.8, 4) is 5.69 Å². The Kier molecular flexibility index (Phi) is 2.75. The molecular weight excluding hydrogens is 210 g/mol. The smallest absolute Gasteiger partial charge is 0.110 e. The van der Waals surface area contributed by atoms with Crippen LogP contribution in [0.4, 0.5) is 0 Å². The monoisotopic (exact) mass is 221 g/mol. The average molecular weight is 222 g/mol. The van der Waals surface area contributed by atoms with Gasteiger partial charge in [-0.1, -0.05) is 17.7 Å². The topological polar surface area (TPSA) is 43.8 Å². The highest BCUT2D eigenvalue weighted by Crippen LogP contribution is 2.22. The number of hydrogen-bond donors (Lipinski definition) is 1. The van der Waals surface area contributed by atoms with Crippen molar-refractivity contribution in [3.63, 3.8) is 0 Å². The van der Waals surface area contributed by atoms with Crippen molar-refractivity contribution in [2.24, 2.45) is 5.73 Å². The highest BCUT2D eigenvalue weighted by atomic mass is 35.5. The molecule has 0 aliphatic carbocycles. The second-order valence-corrected chi connectivity index (χ2v) is 3.74. The quantitative estimate of drug-likeness (QED) is 0.846. The summed E-state index contributed by atoms with van der Waals surface area (Å²) >= 11 is 6.13. The van der Waals surface area contributed by atoms with Crippen LogP contribution in [0.3, 0.4) is 0 Å². The number of nitrogens with zero attached hydrogens (tertiary/aromatic N) is 2. The lowest BCUT2D eigenvalue weighted by Gasteiger charge is -2.09. The minimum atomic E-state index is 0.512. The number of hydrogen-bond acceptors (Lipinski definition) is 2. The van der Waals surface area contributed by atoms with E-state index in [0.717, 1.165) is 17.1 Å². The fourth-order valence-electron chi connectivity index (χ4n) is 1.50. The van der Waals surface area contributed by atoms with Crippen molar-refractivity contribution in [1.82, 2.24) is 9.55 Å². The molecule has 0 aliphatic rings. The van der Waals surface area contributed by atoms with E-state index in [9.17, 15) is 0 Å². The summed E-state index contributed by atoms with van der Waals surface area (Å²) in [6, 6.07) is 5.77. The molecule has 3 nitrogen and oxygen atoms in total. The van der Waals surface area contributed by atoms with Crippen LogP contribution in [0.15, 0.2) is 30.6 Å². The predicted octanol–water partition coefficient (Wildman–Crippen LogP) is 2.29. The second kappa shape index (κ2) is 4.04. The number of aromatic nitrogens is 2. The van der Waals surface area contributed by atoms with Gasteiger partial charge in [-0.25, -0.2) is 4.98 Å². The molecule has 2 rings (SSSR count). The molecule has 0 radical (unpaired) electrons. The van der Waals surface area contributed by atoms with Gasteiger partial charge in [-0.05, 0) is 24.6 Å². The average Bonchev–Trinajstić information content (AvgIpc) is 2.65. The zero-order valence-electron chi connectivity index (χ0n) is 8.44. The first-order chi connectivity index (χ1) is 7.22. The Balaban J connectivity index is 2.56. The minimum absolute atomic E-state index is 0.512. The van der Waals surface area contributed by atoms with Gasteiger partial charge in [-0.3, -0.25) is 0 Å². The number of nitrogens with two attached hydrogens (primary N) is 1. The molecule has 0 fully saturated rings. The van der Waals surface area contributed by atoms with Gasteiger partial charge in [0, 0.05) is 18.9 Å². The number of benzene rings is 1. The van der Waals surface area contributed by atoms with E-state index in [1.165, 1.54) is 0 Å². The normalized spacial score (nSPS) is 10.6. The maximum absolute atomic E-state index is 6.13. The van der Waals surface area contributed by atoms with Crippen LogP contribution in [0.1, 0.15) is 11.4 Å². The fraction of sp³-hybridized carbons (Fsp3) is 0.182. The summed E-state index contributed by atoms with van der Waals surface area (Å²) in [7, 11) is 0. The molecule has 15 heavy (non-hydrogen) atoms. The van der Waals surface area contributed by atoms with Crippen molar-refractivity contribution >= 4 is 11.6 Å². The van der Waals surface area contributed by atoms with E-state index < -0.39 is 0 Å². The molecule has 78 valence electrons. The van der Waals surface area contributed by atoms with Crippen molar-refractivity contribution in [3.05, 3.63) is 47.0 Å². The lowest BCUT2D eigenvalue weighted by atomic mass is 10.2. The first-order valence-electron chi connectivity index (χ1n) is 4.71. The van der Waals surface area contributed by atoms with Gasteiger partial charge in [0.2, 0.25) is 0 Å². The Labute approximate surface area is 93.5 Å². The van der Waals surface area contributed by atoms with Crippen LogP contribution < -0.4 is 5.73 Å². The third kappa shape index (κ3) is 1.89. The SMILES string of the molecule is Cc1nccn1-c1cc(CN)ccc1Cl. The zero-order chi connectivity index (χ0) is 10.8. The summed E-state index contributed by atoms with van der Waals surface area (Å²) in [5.41, 5.74) is 7.58. The molecule has 2 aromatic rings. The largest absolute Gasteiger partial charge is 0.326 e. The standard InChI is InChI=1S/C11H12ClN3/c1-8-14-4-5-15(8)11-6-9(7-13)2-3-10(11)12/h2-6H,7,13H2,1H3. The lowest BCUT2D eigenvalue weighted by molar-refractivity contribution is 0.965. The van der Waals surface area contributed by atoms with E-state index in [-0.39, 0.29) is 0 Å². The Morgan fingerprint density at radius 1 is 1.47 bits per heavy atom. The molecule has 0 spiro atoms. The van der Waals surface area contributed by atoms with Crippen molar-refractivity contribution in [1.29, 1.82) is 0 Å². The summed E-state index contributed by atoms with van der Waals surface area (Å²) in [5, 5.41) is 0.702. The van der Waals surface area contributed by atoms with E-state index in [1.54, 1.807) is 6.20 Å². The van der Waals surface area contributed by atoms with Crippen LogP contribution in [0.2, 0.25) is 5.02 Å². The van der Waals surface area contributed by atoms with Gasteiger partial charge in [0.25, 0.3) is 0 Å². The molecule has 0 atom stereocenters. The summed E-state index contributed by atoms with van der Waals surface area (Å²) in [6.45, 7) is 2.45. The Morgan fingerprint density at radius 3 is 2.87 bits per heavy atom. The van der Waals surface area contributed by atoms with Gasteiger partial charge in [0.15, 0.2) is 0 Å². The molecule has 1 heterocycles. The minimum Gasteiger partial charge on any atom is -0.326 e. The van der Waals surface area contributed by atoms with Crippen LogP contribution in [0, 0.1) is 6.92 Å². The van der Waals surface area contributed by atoms with E-state index in [1.807, 2.05) is 35.9 Å². The summed E-state index contributed by atoms with van der Waals surface area (Å²) < 4.78 is 1.95. The molecule has 4 heteroatoms. The van der Waals surface area contributed by atoms with E-state index in [2.05, 4.69) is 4.98 Å². The van der Waals surface area contributed by atoms with Crippen LogP contribution in [-0.4, -0.2) is 9.55 Å². The van der Waals surface area contributed by atoms with E-state index in [0.29, 0.717) is 11.6 Å². The highest BCUT2D eigenvalue weighted by Gasteiger charge is 2.05. The summed E-state index contributed by atoms with van der Waals surface area (Å²) in [6.07, 6.45) is 3.64. The Morgan fingerprint density at radius 2 is 2.27 bits per heavy atom. The number of rotatable bonds is 2. The van der Waals surface area contributed by atoms with Gasteiger partial charge >= 0.3 is 0 Å². The third-order valence-electron chi connectivity index (χ3n) is 2.33. The third-order valence-corrected chi connectivity index (χ3v) is 2.65. The molecule has 2 N–H and O–H groups in total. The first kappa shape index (κ1) is 10.2. The Bertz CT molecular complexity index is 476. The molecule has 0 unspecified atom stereocenters. The van der Waals surface area contributed by atoms with Crippen LogP contribution in [0.5, 0.6) is 0 Å². The molecule has 0 saturated heterocycles. The lowest BCUT2D eigenvalue weighted by Crippen LogP contribution is -2.01. The van der Waals surface area contributed by atoms with Crippen LogP contribution >= 0.6 is 11.6 Å². The van der Waals surface area contributed by atoms with Gasteiger partial charge in [-0.2, -0.15) is 0 Å². The van der Waals surface area contributed by atoms with E-state index in [4.69, 9.17) is 17.3 Å².